The highest BCUT2D eigenvalue weighted by atomic mass is 32.1. The number of furan rings is 1. The smallest absolute Gasteiger partial charge is 0.293 e. The van der Waals surface area contributed by atoms with E-state index in [0.29, 0.717) is 5.13 Å². The predicted molar refractivity (Wildman–Crippen MR) is 83.7 cm³/mol. The molecule has 21 heavy (non-hydrogen) atoms. The molecule has 0 saturated carbocycles. The lowest BCUT2D eigenvalue weighted by Crippen LogP contribution is -2.10. The molecule has 1 amide bonds. The zero-order valence-corrected chi connectivity index (χ0v) is 12.5. The lowest BCUT2D eigenvalue weighted by molar-refractivity contribution is 0.0996. The van der Waals surface area contributed by atoms with Gasteiger partial charge in [-0.3, -0.25) is 10.1 Å². The van der Waals surface area contributed by atoms with Crippen LogP contribution in [0.5, 0.6) is 0 Å². The van der Waals surface area contributed by atoms with Gasteiger partial charge >= 0.3 is 0 Å². The molecule has 0 fully saturated rings. The quantitative estimate of drug-likeness (QED) is 0.785. The van der Waals surface area contributed by atoms with E-state index in [1.165, 1.54) is 23.2 Å². The van der Waals surface area contributed by atoms with Crippen molar-refractivity contribution < 1.29 is 9.21 Å². The van der Waals surface area contributed by atoms with Crippen molar-refractivity contribution in [3.63, 3.8) is 0 Å². The second-order valence-corrected chi connectivity index (χ2v) is 5.92. The topological polar surface area (TPSA) is 55.1 Å². The molecule has 0 aliphatic rings. The van der Waals surface area contributed by atoms with Crippen molar-refractivity contribution in [2.45, 2.75) is 13.8 Å². The third-order valence-electron chi connectivity index (χ3n) is 3.09. The van der Waals surface area contributed by atoms with Crippen LogP contribution in [0.4, 0.5) is 5.13 Å². The van der Waals surface area contributed by atoms with Gasteiger partial charge in [0.05, 0.1) is 12.0 Å². The van der Waals surface area contributed by atoms with Gasteiger partial charge in [0.2, 0.25) is 0 Å². The first-order valence-electron chi connectivity index (χ1n) is 6.53. The van der Waals surface area contributed by atoms with E-state index in [1.54, 1.807) is 12.1 Å². The molecule has 2 aromatic heterocycles. The van der Waals surface area contributed by atoms with Gasteiger partial charge in [-0.2, -0.15) is 0 Å². The minimum absolute atomic E-state index is 0.278. The first kappa shape index (κ1) is 13.6. The summed E-state index contributed by atoms with van der Waals surface area (Å²) in [6.45, 7) is 4.04. The van der Waals surface area contributed by atoms with Gasteiger partial charge in [0, 0.05) is 10.4 Å². The summed E-state index contributed by atoms with van der Waals surface area (Å²) in [5, 5.41) is 3.33. The van der Waals surface area contributed by atoms with Gasteiger partial charge < -0.3 is 4.42 Å². The summed E-state index contributed by atoms with van der Waals surface area (Å²) in [5.41, 5.74) is 3.15. The summed E-state index contributed by atoms with van der Waals surface area (Å²) in [7, 11) is 0. The van der Waals surface area contributed by atoms with Gasteiger partial charge in [0.15, 0.2) is 10.9 Å². The number of carbonyl (C=O) groups excluding carboxylic acids is 1. The largest absolute Gasteiger partial charge is 0.459 e. The lowest BCUT2D eigenvalue weighted by atomic mass is 10.1. The maximum Gasteiger partial charge on any atom is 0.293 e. The molecule has 2 heterocycles. The molecule has 4 nitrogen and oxygen atoms in total. The molecule has 1 aromatic carbocycles. The number of benzene rings is 1. The number of nitrogens with one attached hydrogen (secondary N) is 1. The fourth-order valence-electron chi connectivity index (χ4n) is 2.00. The van der Waals surface area contributed by atoms with Gasteiger partial charge in [-0.1, -0.05) is 29.8 Å². The molecule has 0 atom stereocenters. The molecule has 106 valence electrons. The van der Waals surface area contributed by atoms with Crippen LogP contribution >= 0.6 is 11.3 Å². The highest BCUT2D eigenvalue weighted by Crippen LogP contribution is 2.30. The van der Waals surface area contributed by atoms with Crippen molar-refractivity contribution in [2.75, 3.05) is 5.32 Å². The Hall–Kier alpha value is -2.40. The van der Waals surface area contributed by atoms with Crippen LogP contribution in [0.15, 0.2) is 47.1 Å². The Morgan fingerprint density at radius 3 is 2.62 bits per heavy atom. The molecular weight excluding hydrogens is 284 g/mol. The number of carbonyl (C=O) groups is 1. The van der Waals surface area contributed by atoms with E-state index in [2.05, 4.69) is 22.4 Å². The molecule has 0 unspecified atom stereocenters. The van der Waals surface area contributed by atoms with Crippen molar-refractivity contribution in [3.05, 3.63) is 58.9 Å². The fraction of sp³-hybridized carbons (Fsp3) is 0.125. The van der Waals surface area contributed by atoms with Crippen molar-refractivity contribution in [1.82, 2.24) is 4.98 Å². The molecule has 1 N–H and O–H groups in total. The number of thiazole rings is 1. The van der Waals surface area contributed by atoms with Crippen LogP contribution < -0.4 is 5.32 Å². The zero-order valence-electron chi connectivity index (χ0n) is 11.7. The molecule has 0 bridgehead atoms. The lowest BCUT2D eigenvalue weighted by Gasteiger charge is -1.99. The van der Waals surface area contributed by atoms with Crippen molar-refractivity contribution in [3.8, 4) is 11.3 Å². The number of anilines is 1. The van der Waals surface area contributed by atoms with Gasteiger partial charge in [0.25, 0.3) is 5.91 Å². The summed E-state index contributed by atoms with van der Waals surface area (Å²) in [6, 6.07) is 11.5. The predicted octanol–water partition coefficient (Wildman–Crippen LogP) is 4.27. The van der Waals surface area contributed by atoms with Gasteiger partial charge in [-0.05, 0) is 26.0 Å². The number of nitrogens with zero attached hydrogens (tertiary/aromatic N) is 1. The summed E-state index contributed by atoms with van der Waals surface area (Å²) >= 11 is 1.45. The number of aryl methyl sites for hydroxylation is 2. The molecule has 5 heteroatoms. The standard InChI is InChI=1S/C16H14N2O2S/c1-10-5-7-12(8-6-10)14-11(2)21-16(17-14)18-15(19)13-4-3-9-20-13/h3-9H,1-2H3,(H,17,18,19). The molecule has 0 saturated heterocycles. The highest BCUT2D eigenvalue weighted by Gasteiger charge is 2.14. The van der Waals surface area contributed by atoms with Gasteiger partial charge in [0.1, 0.15) is 0 Å². The Morgan fingerprint density at radius 2 is 1.95 bits per heavy atom. The SMILES string of the molecule is Cc1ccc(-c2nc(NC(=O)c3ccco3)sc2C)cc1. The summed E-state index contributed by atoms with van der Waals surface area (Å²) < 4.78 is 5.07. The molecule has 0 radical (unpaired) electrons. The Bertz CT molecular complexity index is 758. The molecule has 0 aliphatic carbocycles. The van der Waals surface area contributed by atoms with Crippen LogP contribution in [0, 0.1) is 13.8 Å². The van der Waals surface area contributed by atoms with E-state index in [4.69, 9.17) is 4.42 Å². The van der Waals surface area contributed by atoms with Crippen LogP contribution in [0.1, 0.15) is 21.0 Å². The van der Waals surface area contributed by atoms with Crippen molar-refractivity contribution in [1.29, 1.82) is 0 Å². The zero-order chi connectivity index (χ0) is 14.8. The third kappa shape index (κ3) is 2.87. The average molecular weight is 298 g/mol. The third-order valence-corrected chi connectivity index (χ3v) is 3.97. The first-order valence-corrected chi connectivity index (χ1v) is 7.34. The molecule has 3 rings (SSSR count). The number of rotatable bonds is 3. The fourth-order valence-corrected chi connectivity index (χ4v) is 2.83. The Balaban J connectivity index is 1.84. The monoisotopic (exact) mass is 298 g/mol. The second kappa shape index (κ2) is 5.54. The van der Waals surface area contributed by atoms with E-state index in [0.717, 1.165) is 16.1 Å². The van der Waals surface area contributed by atoms with Crippen LogP contribution in [0.3, 0.4) is 0 Å². The maximum absolute atomic E-state index is 11.9. The summed E-state index contributed by atoms with van der Waals surface area (Å²) in [4.78, 5) is 17.5. The highest BCUT2D eigenvalue weighted by molar-refractivity contribution is 7.16. The molecule has 0 spiro atoms. The Morgan fingerprint density at radius 1 is 1.19 bits per heavy atom. The van der Waals surface area contributed by atoms with Gasteiger partial charge in [-0.25, -0.2) is 4.98 Å². The second-order valence-electron chi connectivity index (χ2n) is 4.72. The number of aromatic nitrogens is 1. The summed E-state index contributed by atoms with van der Waals surface area (Å²) in [5.74, 6) is -0.0102. The van der Waals surface area contributed by atoms with Gasteiger partial charge in [-0.15, -0.1) is 11.3 Å². The van der Waals surface area contributed by atoms with Crippen molar-refractivity contribution in [2.24, 2.45) is 0 Å². The normalized spacial score (nSPS) is 10.6. The Kier molecular flexibility index (Phi) is 3.58. The van der Waals surface area contributed by atoms with Crippen LogP contribution in [0.2, 0.25) is 0 Å². The summed E-state index contributed by atoms with van der Waals surface area (Å²) in [6.07, 6.45) is 1.47. The number of hydrogen-bond donors (Lipinski definition) is 1. The van der Waals surface area contributed by atoms with Crippen LogP contribution in [0.25, 0.3) is 11.3 Å². The number of amides is 1. The van der Waals surface area contributed by atoms with E-state index in [-0.39, 0.29) is 11.7 Å². The first-order chi connectivity index (χ1) is 10.1. The van der Waals surface area contributed by atoms with Crippen molar-refractivity contribution >= 4 is 22.4 Å². The van der Waals surface area contributed by atoms with Crippen LogP contribution in [-0.2, 0) is 0 Å². The maximum atomic E-state index is 11.9. The molecule has 3 aromatic rings. The van der Waals surface area contributed by atoms with E-state index in [9.17, 15) is 4.79 Å². The van der Waals surface area contributed by atoms with E-state index >= 15 is 0 Å². The molecule has 0 aliphatic heterocycles. The molecular formula is C16H14N2O2S. The van der Waals surface area contributed by atoms with Crippen LogP contribution in [-0.4, -0.2) is 10.9 Å². The van der Waals surface area contributed by atoms with E-state index in [1.807, 2.05) is 26.0 Å². The minimum atomic E-state index is -0.288. The Labute approximate surface area is 126 Å². The van der Waals surface area contributed by atoms with E-state index < -0.39 is 0 Å². The average Bonchev–Trinajstić information content (AvgIpc) is 3.10. The number of hydrogen-bond acceptors (Lipinski definition) is 4. The minimum Gasteiger partial charge on any atom is -0.459 e.